The summed E-state index contributed by atoms with van der Waals surface area (Å²) in [6.45, 7) is 8.70. The molecule has 4 heteroatoms. The number of aryl methyl sites for hydroxylation is 1. The highest BCUT2D eigenvalue weighted by Gasteiger charge is 2.21. The number of benzene rings is 1. The second-order valence-electron chi connectivity index (χ2n) is 5.88. The molecule has 0 aromatic heterocycles. The van der Waals surface area contributed by atoms with Gasteiger partial charge in [-0.1, -0.05) is 45.0 Å². The Kier molecular flexibility index (Phi) is 7.40. The molecule has 0 heterocycles. The first-order valence-corrected chi connectivity index (χ1v) is 7.55. The van der Waals surface area contributed by atoms with E-state index < -0.39 is 0 Å². The first-order chi connectivity index (χ1) is 9.99. The van der Waals surface area contributed by atoms with Crippen LogP contribution < -0.4 is 10.6 Å². The predicted octanol–water partition coefficient (Wildman–Crippen LogP) is 1.88. The fourth-order valence-corrected chi connectivity index (χ4v) is 2.05. The molecule has 0 bridgehead atoms. The smallest absolute Gasteiger partial charge is 0.233 e. The molecule has 0 aliphatic carbocycles. The Morgan fingerprint density at radius 1 is 1.24 bits per heavy atom. The van der Waals surface area contributed by atoms with E-state index in [-0.39, 0.29) is 11.3 Å². The van der Waals surface area contributed by atoms with E-state index in [0.29, 0.717) is 26.2 Å². The van der Waals surface area contributed by atoms with Crippen LogP contribution in [0.25, 0.3) is 0 Å². The van der Waals surface area contributed by atoms with Crippen LogP contribution >= 0.6 is 0 Å². The monoisotopic (exact) mass is 292 g/mol. The zero-order valence-electron chi connectivity index (χ0n) is 13.7. The molecule has 0 fully saturated rings. The van der Waals surface area contributed by atoms with E-state index in [4.69, 9.17) is 4.74 Å². The Balaban J connectivity index is 2.42. The number of amides is 1. The van der Waals surface area contributed by atoms with Gasteiger partial charge in [-0.25, -0.2) is 0 Å². The number of ether oxygens (including phenoxy) is 1. The fraction of sp³-hybridized carbons (Fsp3) is 0.588. The van der Waals surface area contributed by atoms with Crippen LogP contribution in [0.15, 0.2) is 24.3 Å². The highest BCUT2D eigenvalue weighted by atomic mass is 16.5. The van der Waals surface area contributed by atoms with Crippen molar-refractivity contribution in [3.63, 3.8) is 0 Å². The van der Waals surface area contributed by atoms with E-state index in [9.17, 15) is 4.79 Å². The van der Waals surface area contributed by atoms with Gasteiger partial charge >= 0.3 is 0 Å². The lowest BCUT2D eigenvalue weighted by atomic mass is 9.84. The second kappa shape index (κ2) is 8.80. The van der Waals surface area contributed by atoms with Gasteiger partial charge in [-0.3, -0.25) is 4.79 Å². The highest BCUT2D eigenvalue weighted by molar-refractivity contribution is 5.78. The molecule has 0 saturated carbocycles. The average molecular weight is 292 g/mol. The maximum atomic E-state index is 11.8. The van der Waals surface area contributed by atoms with E-state index in [2.05, 4.69) is 55.7 Å². The molecular weight excluding hydrogens is 264 g/mol. The largest absolute Gasteiger partial charge is 0.383 e. The van der Waals surface area contributed by atoms with E-state index in [1.807, 2.05) is 0 Å². The zero-order chi connectivity index (χ0) is 15.7. The summed E-state index contributed by atoms with van der Waals surface area (Å²) in [7, 11) is 1.65. The molecule has 1 aromatic carbocycles. The lowest BCUT2D eigenvalue weighted by Crippen LogP contribution is -2.41. The van der Waals surface area contributed by atoms with E-state index >= 15 is 0 Å². The van der Waals surface area contributed by atoms with E-state index in [1.54, 1.807) is 7.11 Å². The van der Waals surface area contributed by atoms with Gasteiger partial charge in [0.1, 0.15) is 0 Å². The van der Waals surface area contributed by atoms with Crippen LogP contribution in [0.1, 0.15) is 31.9 Å². The maximum absolute atomic E-state index is 11.8. The maximum Gasteiger partial charge on any atom is 0.233 e. The standard InChI is InChI=1S/C17H28N2O2/c1-5-14-6-8-15(9-7-14)17(2,3)13-19-16(20)12-18-10-11-21-4/h6-9,18H,5,10-13H2,1-4H3,(H,19,20). The predicted molar refractivity (Wildman–Crippen MR) is 86.6 cm³/mol. The number of carbonyl (C=O) groups is 1. The van der Waals surface area contributed by atoms with Gasteiger partial charge in [0, 0.05) is 25.6 Å². The third kappa shape index (κ3) is 6.27. The highest BCUT2D eigenvalue weighted by Crippen LogP contribution is 2.22. The molecule has 0 saturated heterocycles. The molecule has 1 rings (SSSR count). The van der Waals surface area contributed by atoms with Gasteiger partial charge in [-0.05, 0) is 17.5 Å². The van der Waals surface area contributed by atoms with Crippen molar-refractivity contribution in [1.82, 2.24) is 10.6 Å². The third-order valence-corrected chi connectivity index (χ3v) is 3.64. The molecule has 1 aromatic rings. The van der Waals surface area contributed by atoms with Crippen LogP contribution in [0.2, 0.25) is 0 Å². The summed E-state index contributed by atoms with van der Waals surface area (Å²) in [5.41, 5.74) is 2.50. The zero-order valence-corrected chi connectivity index (χ0v) is 13.7. The lowest BCUT2D eigenvalue weighted by molar-refractivity contribution is -0.120. The normalized spacial score (nSPS) is 11.4. The minimum absolute atomic E-state index is 0.0179. The molecule has 4 nitrogen and oxygen atoms in total. The third-order valence-electron chi connectivity index (χ3n) is 3.64. The van der Waals surface area contributed by atoms with Crippen molar-refractivity contribution < 1.29 is 9.53 Å². The van der Waals surface area contributed by atoms with Crippen molar-refractivity contribution in [3.8, 4) is 0 Å². The first kappa shape index (κ1) is 17.7. The van der Waals surface area contributed by atoms with Crippen molar-refractivity contribution in [2.75, 3.05) is 33.4 Å². The molecule has 0 unspecified atom stereocenters. The molecule has 0 radical (unpaired) electrons. The second-order valence-corrected chi connectivity index (χ2v) is 5.88. The Morgan fingerprint density at radius 3 is 2.48 bits per heavy atom. The quantitative estimate of drug-likeness (QED) is 0.683. The number of nitrogens with one attached hydrogen (secondary N) is 2. The fourth-order valence-electron chi connectivity index (χ4n) is 2.05. The summed E-state index contributed by atoms with van der Waals surface area (Å²) in [6, 6.07) is 8.63. The Bertz CT molecular complexity index is 427. The topological polar surface area (TPSA) is 50.4 Å². The number of hydrogen-bond acceptors (Lipinski definition) is 3. The number of hydrogen-bond donors (Lipinski definition) is 2. The van der Waals surface area contributed by atoms with Crippen LogP contribution in [0.5, 0.6) is 0 Å². The van der Waals surface area contributed by atoms with Crippen LogP contribution in [-0.2, 0) is 21.4 Å². The van der Waals surface area contributed by atoms with Gasteiger partial charge in [0.2, 0.25) is 5.91 Å². The molecule has 0 atom stereocenters. The SMILES string of the molecule is CCc1ccc(C(C)(C)CNC(=O)CNCCOC)cc1. The van der Waals surface area contributed by atoms with Crippen molar-refractivity contribution in [2.45, 2.75) is 32.6 Å². The molecule has 1 amide bonds. The molecule has 0 spiro atoms. The minimum Gasteiger partial charge on any atom is -0.383 e. The number of carbonyl (C=O) groups excluding carboxylic acids is 1. The van der Waals surface area contributed by atoms with Crippen molar-refractivity contribution in [3.05, 3.63) is 35.4 Å². The van der Waals surface area contributed by atoms with Gasteiger partial charge in [0.05, 0.1) is 13.2 Å². The van der Waals surface area contributed by atoms with E-state index in [0.717, 1.165) is 6.42 Å². The molecular formula is C17H28N2O2. The number of methoxy groups -OCH3 is 1. The van der Waals surface area contributed by atoms with Crippen LogP contribution in [0.4, 0.5) is 0 Å². The van der Waals surface area contributed by atoms with Crippen molar-refractivity contribution in [2.24, 2.45) is 0 Å². The molecule has 2 N–H and O–H groups in total. The Labute approximate surface area is 128 Å². The lowest BCUT2D eigenvalue weighted by Gasteiger charge is -2.26. The van der Waals surface area contributed by atoms with Crippen molar-refractivity contribution >= 4 is 5.91 Å². The van der Waals surface area contributed by atoms with Crippen LogP contribution in [-0.4, -0.2) is 39.3 Å². The summed E-state index contributed by atoms with van der Waals surface area (Å²) in [6.07, 6.45) is 1.05. The Morgan fingerprint density at radius 2 is 1.90 bits per heavy atom. The number of rotatable bonds is 9. The van der Waals surface area contributed by atoms with Gasteiger partial charge < -0.3 is 15.4 Å². The molecule has 0 aliphatic heterocycles. The molecule has 21 heavy (non-hydrogen) atoms. The average Bonchev–Trinajstić information content (AvgIpc) is 2.50. The summed E-state index contributed by atoms with van der Waals surface area (Å²) in [4.78, 5) is 11.8. The van der Waals surface area contributed by atoms with Crippen molar-refractivity contribution in [1.29, 1.82) is 0 Å². The summed E-state index contributed by atoms with van der Waals surface area (Å²) < 4.78 is 4.92. The van der Waals surface area contributed by atoms with Gasteiger partial charge in [-0.2, -0.15) is 0 Å². The van der Waals surface area contributed by atoms with Gasteiger partial charge in [0.15, 0.2) is 0 Å². The minimum atomic E-state index is -0.0749. The summed E-state index contributed by atoms with van der Waals surface area (Å²) >= 11 is 0. The molecule has 0 aliphatic rings. The molecule has 118 valence electrons. The first-order valence-electron chi connectivity index (χ1n) is 7.55. The van der Waals surface area contributed by atoms with Crippen LogP contribution in [0.3, 0.4) is 0 Å². The Hall–Kier alpha value is -1.39. The summed E-state index contributed by atoms with van der Waals surface area (Å²) in [5.74, 6) is 0.0179. The van der Waals surface area contributed by atoms with E-state index in [1.165, 1.54) is 11.1 Å². The van der Waals surface area contributed by atoms with Gasteiger partial charge in [-0.15, -0.1) is 0 Å². The van der Waals surface area contributed by atoms with Crippen LogP contribution in [0, 0.1) is 0 Å². The summed E-state index contributed by atoms with van der Waals surface area (Å²) in [5, 5.41) is 6.02. The van der Waals surface area contributed by atoms with Gasteiger partial charge in [0.25, 0.3) is 0 Å².